The molecule has 1 aromatic carbocycles. The van der Waals surface area contributed by atoms with Crippen LogP contribution in [0.3, 0.4) is 0 Å². The van der Waals surface area contributed by atoms with Gasteiger partial charge in [0.2, 0.25) is 11.8 Å². The van der Waals surface area contributed by atoms with Gasteiger partial charge in [-0.15, -0.1) is 0 Å². The highest BCUT2D eigenvalue weighted by Crippen LogP contribution is 2.50. The summed E-state index contributed by atoms with van der Waals surface area (Å²) in [6.45, 7) is 1.43. The van der Waals surface area contributed by atoms with E-state index in [4.69, 9.17) is 4.74 Å². The summed E-state index contributed by atoms with van der Waals surface area (Å²) in [5, 5.41) is 4.98. The fourth-order valence-electron chi connectivity index (χ4n) is 5.84. The van der Waals surface area contributed by atoms with E-state index in [1.165, 1.54) is 11.6 Å². The number of likely N-dealkylation sites (tertiary alicyclic amines) is 1. The maximum absolute atomic E-state index is 13.5. The van der Waals surface area contributed by atoms with E-state index in [9.17, 15) is 23.2 Å². The molecule has 0 N–H and O–H groups in total. The van der Waals surface area contributed by atoms with E-state index in [1.807, 2.05) is 0 Å². The van der Waals surface area contributed by atoms with Gasteiger partial charge in [-0.25, -0.2) is 18.7 Å². The highest BCUT2D eigenvalue weighted by atomic mass is 19.3. The third-order valence-corrected chi connectivity index (χ3v) is 7.76. The number of hydrogen-bond acceptors (Lipinski definition) is 7. The summed E-state index contributed by atoms with van der Waals surface area (Å²) in [4.78, 5) is 48.7. The number of nitrogens with zero attached hydrogens (tertiary/aromatic N) is 5. The molecule has 11 heteroatoms. The van der Waals surface area contributed by atoms with Gasteiger partial charge in [0.05, 0.1) is 11.6 Å². The fourth-order valence-corrected chi connectivity index (χ4v) is 5.84. The lowest BCUT2D eigenvalue weighted by Crippen LogP contribution is -2.46. The first kappa shape index (κ1) is 24.6. The van der Waals surface area contributed by atoms with E-state index in [0.29, 0.717) is 28.9 Å². The quantitative estimate of drug-likeness (QED) is 0.395. The summed E-state index contributed by atoms with van der Waals surface area (Å²) in [6.07, 6.45) is 4.24. The minimum Gasteiger partial charge on any atom is -0.486 e. The number of carbonyl (C=O) groups is 3. The van der Waals surface area contributed by atoms with Crippen molar-refractivity contribution in [2.24, 2.45) is 11.8 Å². The Morgan fingerprint density at radius 3 is 2.61 bits per heavy atom. The number of ether oxygens (including phenoxy) is 1. The molecule has 1 aliphatic heterocycles. The number of piperidine rings is 1. The predicted molar refractivity (Wildman–Crippen MR) is 131 cm³/mol. The molecule has 1 amide bonds. The standard InChI is InChI=1S/C27H27F2N5O4/c1-15(35)26-19-10-18(38-14-24-30-5-2-6-31-24)3-4-20(19)33(32-26)13-25(37)34-21-8-17(21)9-22(34)23(36)7-16-11-27(28,29)12-16/h2-6,10,16-17,21-22H,7-9,11-14H2,1H3/t17-,21-,22+/m1/s1. The summed E-state index contributed by atoms with van der Waals surface area (Å²) in [6, 6.07) is 6.32. The Labute approximate surface area is 217 Å². The fraction of sp³-hybridized carbons (Fsp3) is 0.481. The summed E-state index contributed by atoms with van der Waals surface area (Å²) in [5.41, 5.74) is 0.816. The van der Waals surface area contributed by atoms with Crippen LogP contribution in [0.4, 0.5) is 8.78 Å². The van der Waals surface area contributed by atoms with Crippen molar-refractivity contribution < 1.29 is 27.9 Å². The van der Waals surface area contributed by atoms with Crippen LogP contribution in [-0.2, 0) is 22.7 Å². The van der Waals surface area contributed by atoms with Crippen LogP contribution >= 0.6 is 0 Å². The molecule has 9 nitrogen and oxygen atoms in total. The maximum Gasteiger partial charge on any atom is 0.248 e. The molecule has 3 aliphatic rings. The van der Waals surface area contributed by atoms with Crippen LogP contribution in [0.15, 0.2) is 36.7 Å². The number of aromatic nitrogens is 4. The minimum atomic E-state index is -2.67. The van der Waals surface area contributed by atoms with Gasteiger partial charge in [-0.3, -0.25) is 19.1 Å². The Morgan fingerprint density at radius 2 is 1.89 bits per heavy atom. The number of halogens is 2. The zero-order chi connectivity index (χ0) is 26.6. The molecule has 3 heterocycles. The first-order valence-electron chi connectivity index (χ1n) is 12.8. The van der Waals surface area contributed by atoms with Gasteiger partial charge in [0, 0.05) is 50.0 Å². The van der Waals surface area contributed by atoms with Gasteiger partial charge in [-0.2, -0.15) is 5.10 Å². The Kier molecular flexibility index (Phi) is 5.96. The second-order valence-electron chi connectivity index (χ2n) is 10.6. The average molecular weight is 524 g/mol. The lowest BCUT2D eigenvalue weighted by molar-refractivity contribution is -0.144. The summed E-state index contributed by atoms with van der Waals surface area (Å²) in [5.74, 6) is -2.33. The number of amides is 1. The van der Waals surface area contributed by atoms with Crippen molar-refractivity contribution in [3.8, 4) is 5.75 Å². The molecule has 2 aliphatic carbocycles. The molecule has 2 aromatic heterocycles. The molecule has 1 saturated heterocycles. The van der Waals surface area contributed by atoms with E-state index < -0.39 is 12.0 Å². The zero-order valence-electron chi connectivity index (χ0n) is 20.8. The van der Waals surface area contributed by atoms with E-state index in [2.05, 4.69) is 15.1 Å². The van der Waals surface area contributed by atoms with Gasteiger partial charge < -0.3 is 9.64 Å². The molecule has 0 radical (unpaired) electrons. The second-order valence-corrected chi connectivity index (χ2v) is 10.6. The normalized spacial score (nSPS) is 23.7. The predicted octanol–water partition coefficient (Wildman–Crippen LogP) is 3.60. The Bertz CT molecular complexity index is 1420. The molecular weight excluding hydrogens is 496 g/mol. The summed E-state index contributed by atoms with van der Waals surface area (Å²) in [7, 11) is 0. The molecule has 0 bridgehead atoms. The molecule has 3 atom stereocenters. The van der Waals surface area contributed by atoms with Crippen molar-refractivity contribution in [2.45, 2.75) is 70.2 Å². The first-order chi connectivity index (χ1) is 18.2. The minimum absolute atomic E-state index is 0.00796. The Hall–Kier alpha value is -3.76. The molecule has 0 spiro atoms. The van der Waals surface area contributed by atoms with Gasteiger partial charge in [-0.05, 0) is 48.9 Å². The molecule has 3 fully saturated rings. The van der Waals surface area contributed by atoms with Crippen LogP contribution in [0.2, 0.25) is 0 Å². The average Bonchev–Trinajstić information content (AvgIpc) is 3.38. The number of ketones is 2. The van der Waals surface area contributed by atoms with Gasteiger partial charge in [-0.1, -0.05) is 0 Å². The number of carbonyl (C=O) groups excluding carboxylic acids is 3. The third-order valence-electron chi connectivity index (χ3n) is 7.76. The van der Waals surface area contributed by atoms with E-state index in [1.54, 1.807) is 41.6 Å². The van der Waals surface area contributed by atoms with Gasteiger partial charge in [0.1, 0.15) is 24.6 Å². The van der Waals surface area contributed by atoms with E-state index >= 15 is 0 Å². The maximum atomic E-state index is 13.5. The van der Waals surface area contributed by atoms with Crippen molar-refractivity contribution in [3.05, 3.63) is 48.2 Å². The number of fused-ring (bicyclic) bond motifs is 2. The van der Waals surface area contributed by atoms with Gasteiger partial charge >= 0.3 is 0 Å². The molecule has 6 rings (SSSR count). The number of benzene rings is 1. The molecule has 0 unspecified atom stereocenters. The van der Waals surface area contributed by atoms with E-state index in [0.717, 1.165) is 6.42 Å². The summed E-state index contributed by atoms with van der Waals surface area (Å²) >= 11 is 0. The highest BCUT2D eigenvalue weighted by molar-refractivity contribution is 6.05. The largest absolute Gasteiger partial charge is 0.486 e. The molecule has 2 saturated carbocycles. The van der Waals surface area contributed by atoms with Crippen LogP contribution < -0.4 is 4.74 Å². The first-order valence-corrected chi connectivity index (χ1v) is 12.8. The molecule has 38 heavy (non-hydrogen) atoms. The van der Waals surface area contributed by atoms with Gasteiger partial charge in [0.15, 0.2) is 17.4 Å². The number of alkyl halides is 2. The van der Waals surface area contributed by atoms with Crippen molar-refractivity contribution in [1.29, 1.82) is 0 Å². The SMILES string of the molecule is CC(=O)c1nn(CC(=O)N2[C@@H]3C[C@@H]3C[C@H]2C(=O)CC2CC(F)(F)C2)c2ccc(OCc3ncccn3)cc12. The van der Waals surface area contributed by atoms with E-state index in [-0.39, 0.29) is 73.5 Å². The third kappa shape index (κ3) is 4.65. The number of hydrogen-bond donors (Lipinski definition) is 0. The molecule has 198 valence electrons. The van der Waals surface area contributed by atoms with Gasteiger partial charge in [0.25, 0.3) is 0 Å². The number of Topliss-reactive ketones (excluding diaryl/α,β-unsaturated/α-hetero) is 2. The smallest absolute Gasteiger partial charge is 0.248 e. The Balaban J connectivity index is 1.19. The van der Waals surface area contributed by atoms with Crippen LogP contribution in [0.25, 0.3) is 10.9 Å². The molecular formula is C27H27F2N5O4. The van der Waals surface area contributed by atoms with Crippen molar-refractivity contribution in [3.63, 3.8) is 0 Å². The number of rotatable bonds is 9. The van der Waals surface area contributed by atoms with Crippen molar-refractivity contribution >= 4 is 28.4 Å². The second kappa shape index (κ2) is 9.21. The van der Waals surface area contributed by atoms with Crippen molar-refractivity contribution in [2.75, 3.05) is 0 Å². The van der Waals surface area contributed by atoms with Crippen LogP contribution in [0.1, 0.15) is 55.3 Å². The zero-order valence-corrected chi connectivity index (χ0v) is 20.8. The monoisotopic (exact) mass is 523 g/mol. The topological polar surface area (TPSA) is 107 Å². The summed E-state index contributed by atoms with van der Waals surface area (Å²) < 4.78 is 33.8. The Morgan fingerprint density at radius 1 is 1.13 bits per heavy atom. The van der Waals surface area contributed by atoms with Crippen molar-refractivity contribution in [1.82, 2.24) is 24.6 Å². The highest BCUT2D eigenvalue weighted by Gasteiger charge is 2.56. The van der Waals surface area contributed by atoms with Crippen LogP contribution in [0.5, 0.6) is 5.75 Å². The van der Waals surface area contributed by atoms with Crippen LogP contribution in [0, 0.1) is 11.8 Å². The lowest BCUT2D eigenvalue weighted by atomic mass is 9.77. The van der Waals surface area contributed by atoms with Crippen LogP contribution in [-0.4, -0.2) is 60.1 Å². The lowest BCUT2D eigenvalue weighted by Gasteiger charge is -2.36. The molecule has 3 aromatic rings.